The highest BCUT2D eigenvalue weighted by atomic mass is 28.3. The van der Waals surface area contributed by atoms with Crippen molar-refractivity contribution in [3.63, 3.8) is 0 Å². The van der Waals surface area contributed by atoms with Crippen LogP contribution >= 0.6 is 0 Å². The van der Waals surface area contributed by atoms with Gasteiger partial charge in [0.05, 0.1) is 28.2 Å². The van der Waals surface area contributed by atoms with Gasteiger partial charge in [0, 0.05) is 6.42 Å². The van der Waals surface area contributed by atoms with Crippen molar-refractivity contribution >= 4 is 25.2 Å². The predicted octanol–water partition coefficient (Wildman–Crippen LogP) is 3.37. The summed E-state index contributed by atoms with van der Waals surface area (Å²) in [6.45, 7) is 8.88. The Morgan fingerprint density at radius 1 is 1.04 bits per heavy atom. The summed E-state index contributed by atoms with van der Waals surface area (Å²) >= 11 is 0. The third-order valence-corrected chi connectivity index (χ3v) is 9.45. The van der Waals surface area contributed by atoms with Gasteiger partial charge in [0.2, 0.25) is 0 Å². The summed E-state index contributed by atoms with van der Waals surface area (Å²) in [5, 5.41) is 1.32. The van der Waals surface area contributed by atoms with Gasteiger partial charge in [0.15, 0.2) is 0 Å². The second-order valence-corrected chi connectivity index (χ2v) is 11.8. The summed E-state index contributed by atoms with van der Waals surface area (Å²) in [5.74, 6) is -0.496. The molecule has 0 fully saturated rings. The van der Waals surface area contributed by atoms with Gasteiger partial charge < -0.3 is 9.47 Å². The van der Waals surface area contributed by atoms with E-state index in [4.69, 9.17) is 9.47 Å². The third kappa shape index (κ3) is 4.93. The number of carbonyl (C=O) groups is 2. The minimum atomic E-state index is -1.95. The molecule has 0 heterocycles. The Morgan fingerprint density at radius 2 is 1.62 bits per heavy atom. The molecule has 1 aromatic rings. The lowest BCUT2D eigenvalue weighted by Gasteiger charge is -2.40. The van der Waals surface area contributed by atoms with Crippen LogP contribution in [-0.2, 0) is 19.1 Å². The van der Waals surface area contributed by atoms with Crippen molar-refractivity contribution in [2.75, 3.05) is 14.2 Å². The van der Waals surface area contributed by atoms with E-state index >= 15 is 0 Å². The summed E-state index contributed by atoms with van der Waals surface area (Å²) < 4.78 is 9.82. The summed E-state index contributed by atoms with van der Waals surface area (Å²) in [4.78, 5) is 24.1. The Kier molecular flexibility index (Phi) is 7.67. The molecule has 0 amide bonds. The van der Waals surface area contributed by atoms with E-state index in [2.05, 4.69) is 39.1 Å². The highest BCUT2D eigenvalue weighted by Gasteiger charge is 2.44. The zero-order chi connectivity index (χ0) is 18.3. The van der Waals surface area contributed by atoms with Crippen LogP contribution < -0.4 is 5.19 Å². The van der Waals surface area contributed by atoms with Gasteiger partial charge in [-0.25, -0.2) is 0 Å². The molecule has 0 aliphatic heterocycles. The van der Waals surface area contributed by atoms with Crippen molar-refractivity contribution in [1.29, 1.82) is 0 Å². The monoisotopic (exact) mass is 350 g/mol. The van der Waals surface area contributed by atoms with Crippen molar-refractivity contribution in [1.82, 2.24) is 0 Å². The standard InChI is InChI=1S/C19H30O4Si/c1-14(2)18(24(5,6)15-10-8-7-9-11-15)16(19(21)23-4)12-13-17(20)22-3/h7-11,14,16,18H,12-13H2,1-6H3/t16-,18-/m1/s1. The van der Waals surface area contributed by atoms with E-state index in [0.29, 0.717) is 12.3 Å². The first-order chi connectivity index (χ1) is 11.3. The summed E-state index contributed by atoms with van der Waals surface area (Å²) in [7, 11) is 0.842. The lowest BCUT2D eigenvalue weighted by atomic mass is 9.92. The normalized spacial score (nSPS) is 14.1. The molecule has 0 aliphatic carbocycles. The third-order valence-electron chi connectivity index (χ3n) is 4.89. The van der Waals surface area contributed by atoms with Crippen molar-refractivity contribution < 1.29 is 19.1 Å². The smallest absolute Gasteiger partial charge is 0.308 e. The van der Waals surface area contributed by atoms with Gasteiger partial charge in [-0.2, -0.15) is 0 Å². The molecular weight excluding hydrogens is 320 g/mol. The summed E-state index contributed by atoms with van der Waals surface area (Å²) in [6, 6.07) is 10.4. The summed E-state index contributed by atoms with van der Waals surface area (Å²) in [5.41, 5.74) is 0.178. The number of carbonyl (C=O) groups excluding carboxylic acids is 2. The quantitative estimate of drug-likeness (QED) is 0.533. The van der Waals surface area contributed by atoms with Crippen molar-refractivity contribution in [2.24, 2.45) is 11.8 Å². The second-order valence-electron chi connectivity index (χ2n) is 7.10. The SMILES string of the molecule is COC(=O)CC[C@@H](C(=O)OC)[C@@H](C(C)C)[Si](C)(C)c1ccccc1. The van der Waals surface area contributed by atoms with Crippen LogP contribution in [0.5, 0.6) is 0 Å². The van der Waals surface area contributed by atoms with Crippen LogP contribution in [0.2, 0.25) is 18.6 Å². The van der Waals surface area contributed by atoms with E-state index in [0.717, 1.165) is 0 Å². The van der Waals surface area contributed by atoms with Crippen LogP contribution in [0.15, 0.2) is 30.3 Å². The zero-order valence-corrected chi connectivity index (χ0v) is 16.7. The van der Waals surface area contributed by atoms with Gasteiger partial charge in [0.25, 0.3) is 0 Å². The number of ether oxygens (including phenoxy) is 2. The van der Waals surface area contributed by atoms with Crippen LogP contribution in [0.1, 0.15) is 26.7 Å². The first-order valence-corrected chi connectivity index (χ1v) is 11.5. The average Bonchev–Trinajstić information content (AvgIpc) is 2.57. The number of rotatable bonds is 8. The molecule has 0 bridgehead atoms. The highest BCUT2D eigenvalue weighted by Crippen LogP contribution is 2.40. The molecule has 0 spiro atoms. The maximum atomic E-state index is 12.5. The number of methoxy groups -OCH3 is 2. The Balaban J connectivity index is 3.20. The topological polar surface area (TPSA) is 52.6 Å². The van der Waals surface area contributed by atoms with Gasteiger partial charge in [0.1, 0.15) is 0 Å². The van der Waals surface area contributed by atoms with Crippen LogP contribution in [0.4, 0.5) is 0 Å². The first-order valence-electron chi connectivity index (χ1n) is 8.45. The maximum absolute atomic E-state index is 12.5. The largest absolute Gasteiger partial charge is 0.469 e. The first kappa shape index (κ1) is 20.4. The highest BCUT2D eigenvalue weighted by molar-refractivity contribution is 6.91. The van der Waals surface area contributed by atoms with E-state index < -0.39 is 8.07 Å². The van der Waals surface area contributed by atoms with Gasteiger partial charge in [-0.1, -0.05) is 62.5 Å². The van der Waals surface area contributed by atoms with E-state index in [1.54, 1.807) is 0 Å². The molecule has 0 aromatic heterocycles. The van der Waals surface area contributed by atoms with Crippen LogP contribution in [0, 0.1) is 11.8 Å². The fraction of sp³-hybridized carbons (Fsp3) is 0.579. The molecule has 0 radical (unpaired) electrons. The molecule has 134 valence electrons. The van der Waals surface area contributed by atoms with Gasteiger partial charge in [-0.05, 0) is 17.9 Å². The molecule has 0 N–H and O–H groups in total. The number of hydrogen-bond donors (Lipinski definition) is 0. The second kappa shape index (κ2) is 9.02. The average molecular weight is 351 g/mol. The van der Waals surface area contributed by atoms with E-state index in [-0.39, 0.29) is 29.8 Å². The van der Waals surface area contributed by atoms with Crippen molar-refractivity contribution in [3.8, 4) is 0 Å². The van der Waals surface area contributed by atoms with Crippen LogP contribution in [0.25, 0.3) is 0 Å². The number of hydrogen-bond acceptors (Lipinski definition) is 4. The van der Waals surface area contributed by atoms with Gasteiger partial charge in [-0.3, -0.25) is 9.59 Å². The van der Waals surface area contributed by atoms with Crippen LogP contribution in [-0.4, -0.2) is 34.2 Å². The molecule has 2 atom stereocenters. The van der Waals surface area contributed by atoms with Crippen molar-refractivity contribution in [2.45, 2.75) is 45.3 Å². The fourth-order valence-corrected chi connectivity index (χ4v) is 8.24. The molecule has 1 aromatic carbocycles. The molecule has 5 heteroatoms. The Labute approximate surface area is 146 Å². The fourth-order valence-electron chi connectivity index (χ4n) is 3.83. The molecule has 0 unspecified atom stereocenters. The summed E-state index contributed by atoms with van der Waals surface area (Å²) in [6.07, 6.45) is 0.699. The molecule has 4 nitrogen and oxygen atoms in total. The van der Waals surface area contributed by atoms with E-state index in [9.17, 15) is 9.59 Å². The van der Waals surface area contributed by atoms with Crippen LogP contribution in [0.3, 0.4) is 0 Å². The molecule has 0 saturated carbocycles. The molecule has 24 heavy (non-hydrogen) atoms. The number of benzene rings is 1. The molecule has 1 rings (SSSR count). The predicted molar refractivity (Wildman–Crippen MR) is 98.9 cm³/mol. The minimum absolute atomic E-state index is 0.178. The van der Waals surface area contributed by atoms with Gasteiger partial charge in [-0.15, -0.1) is 0 Å². The Hall–Kier alpha value is -1.62. The van der Waals surface area contributed by atoms with Crippen molar-refractivity contribution in [3.05, 3.63) is 30.3 Å². The molecule has 0 aliphatic rings. The van der Waals surface area contributed by atoms with E-state index in [1.165, 1.54) is 19.4 Å². The number of esters is 2. The molecule has 0 saturated heterocycles. The van der Waals surface area contributed by atoms with Gasteiger partial charge >= 0.3 is 11.9 Å². The molecular formula is C19H30O4Si. The Morgan fingerprint density at radius 3 is 2.08 bits per heavy atom. The lowest BCUT2D eigenvalue weighted by Crippen LogP contribution is -2.51. The lowest BCUT2D eigenvalue weighted by molar-refractivity contribution is -0.147. The zero-order valence-electron chi connectivity index (χ0n) is 15.7. The minimum Gasteiger partial charge on any atom is -0.469 e. The van der Waals surface area contributed by atoms with E-state index in [1.807, 2.05) is 18.2 Å². The maximum Gasteiger partial charge on any atom is 0.308 e. The Bertz CT molecular complexity index is 540.